The fraction of sp³-hybridized carbons (Fsp3) is 0.474. The zero-order chi connectivity index (χ0) is 18.1. The molecule has 1 amide bonds. The number of carbonyl (C=O) groups is 2. The summed E-state index contributed by atoms with van der Waals surface area (Å²) in [5, 5.41) is 15.0. The van der Waals surface area contributed by atoms with E-state index >= 15 is 0 Å². The first kappa shape index (κ1) is 16.9. The van der Waals surface area contributed by atoms with E-state index in [0.717, 1.165) is 31.4 Å². The van der Waals surface area contributed by atoms with Crippen LogP contribution in [0.3, 0.4) is 0 Å². The minimum Gasteiger partial charge on any atom is -0.386 e. The average Bonchev–Trinajstić information content (AvgIpc) is 2.91. The number of aliphatic hydroxyl groups excluding tert-OH is 1. The molecule has 3 heterocycles. The topological polar surface area (TPSA) is 88.3 Å². The van der Waals surface area contributed by atoms with Gasteiger partial charge >= 0.3 is 0 Å². The van der Waals surface area contributed by atoms with E-state index in [1.807, 2.05) is 10.7 Å². The Bertz CT molecular complexity index is 813. The van der Waals surface area contributed by atoms with Gasteiger partial charge in [0.1, 0.15) is 6.10 Å². The second-order valence-electron chi connectivity index (χ2n) is 7.07. The molecule has 0 spiro atoms. The summed E-state index contributed by atoms with van der Waals surface area (Å²) in [7, 11) is 0. The third kappa shape index (κ3) is 3.14. The molecule has 2 aliphatic rings. The first-order valence-electron chi connectivity index (χ1n) is 9.12. The number of aryl methyl sites for hydroxylation is 1. The van der Waals surface area contributed by atoms with Gasteiger partial charge in [-0.1, -0.05) is 6.42 Å². The molecule has 7 heteroatoms. The molecule has 0 bridgehead atoms. The summed E-state index contributed by atoms with van der Waals surface area (Å²) in [5.74, 6) is -0.770. The molecule has 1 atom stereocenters. The van der Waals surface area contributed by atoms with Crippen molar-refractivity contribution in [3.63, 3.8) is 0 Å². The maximum Gasteiger partial charge on any atom is 0.295 e. The summed E-state index contributed by atoms with van der Waals surface area (Å²) in [6, 6.07) is 5.12. The van der Waals surface area contributed by atoms with Gasteiger partial charge < -0.3 is 10.0 Å². The lowest BCUT2D eigenvalue weighted by Crippen LogP contribution is -2.36. The largest absolute Gasteiger partial charge is 0.386 e. The normalized spacial score (nSPS) is 18.6. The van der Waals surface area contributed by atoms with Gasteiger partial charge in [-0.15, -0.1) is 0 Å². The predicted molar refractivity (Wildman–Crippen MR) is 93.1 cm³/mol. The fourth-order valence-corrected chi connectivity index (χ4v) is 3.56. The first-order chi connectivity index (χ1) is 12.6. The standard InChI is InChI=1S/C19H22N4O3/c24-17(13-4-1-5-13)16-10-15-12-22(8-3-9-23(15)21-16)19(26)18(25)14-6-2-7-20-11-14/h2,6-7,10-11,13,17,24H,1,3-5,8-9,12H2. The van der Waals surface area contributed by atoms with Gasteiger partial charge in [-0.2, -0.15) is 5.10 Å². The smallest absolute Gasteiger partial charge is 0.295 e. The number of amides is 1. The van der Waals surface area contributed by atoms with Gasteiger partial charge in [0.15, 0.2) is 0 Å². The number of aliphatic hydroxyl groups is 1. The molecule has 1 saturated carbocycles. The molecule has 2 aromatic rings. The molecule has 1 unspecified atom stereocenters. The zero-order valence-corrected chi connectivity index (χ0v) is 14.5. The van der Waals surface area contributed by atoms with Gasteiger partial charge in [-0.3, -0.25) is 19.3 Å². The summed E-state index contributed by atoms with van der Waals surface area (Å²) in [6.45, 7) is 1.52. The predicted octanol–water partition coefficient (Wildman–Crippen LogP) is 1.73. The lowest BCUT2D eigenvalue weighted by Gasteiger charge is -2.29. The molecular weight excluding hydrogens is 332 g/mol. The second kappa shape index (κ2) is 6.99. The van der Waals surface area contributed by atoms with Crippen molar-refractivity contribution in [2.75, 3.05) is 6.54 Å². The van der Waals surface area contributed by atoms with Crippen LogP contribution in [0.25, 0.3) is 0 Å². The number of nitrogens with zero attached hydrogens (tertiary/aromatic N) is 4. The molecule has 26 heavy (non-hydrogen) atoms. The van der Waals surface area contributed by atoms with E-state index in [0.29, 0.717) is 36.8 Å². The van der Waals surface area contributed by atoms with Gasteiger partial charge in [0.05, 0.1) is 17.9 Å². The van der Waals surface area contributed by atoms with Gasteiger partial charge in [-0.25, -0.2) is 0 Å². The molecule has 1 aliphatic heterocycles. The van der Waals surface area contributed by atoms with Crippen LogP contribution < -0.4 is 0 Å². The SMILES string of the molecule is O=C(C(=O)N1CCCn2nc(C(O)C3CCC3)cc2C1)c1cccnc1. The van der Waals surface area contributed by atoms with Crippen LogP contribution in [0, 0.1) is 5.92 Å². The number of hydrogen-bond donors (Lipinski definition) is 1. The zero-order valence-electron chi connectivity index (χ0n) is 14.5. The second-order valence-corrected chi connectivity index (χ2v) is 7.07. The maximum atomic E-state index is 12.6. The lowest BCUT2D eigenvalue weighted by atomic mass is 9.80. The molecule has 136 valence electrons. The van der Waals surface area contributed by atoms with Gasteiger partial charge in [-0.05, 0) is 43.4 Å². The quantitative estimate of drug-likeness (QED) is 0.667. The Morgan fingerprint density at radius 1 is 1.23 bits per heavy atom. The molecule has 0 saturated heterocycles. The van der Waals surface area contributed by atoms with Crippen LogP contribution in [0.1, 0.15) is 53.5 Å². The van der Waals surface area contributed by atoms with Gasteiger partial charge in [0.2, 0.25) is 0 Å². The van der Waals surface area contributed by atoms with E-state index < -0.39 is 17.8 Å². The summed E-state index contributed by atoms with van der Waals surface area (Å²) in [6.07, 6.45) is 6.40. The summed E-state index contributed by atoms with van der Waals surface area (Å²) >= 11 is 0. The van der Waals surface area contributed by atoms with Crippen LogP contribution in [-0.2, 0) is 17.9 Å². The van der Waals surface area contributed by atoms with Crippen LogP contribution in [0.15, 0.2) is 30.6 Å². The number of carbonyl (C=O) groups excluding carboxylic acids is 2. The van der Waals surface area contributed by atoms with Crippen LogP contribution in [0.2, 0.25) is 0 Å². The number of fused-ring (bicyclic) bond motifs is 1. The lowest BCUT2D eigenvalue weighted by molar-refractivity contribution is -0.127. The van der Waals surface area contributed by atoms with Crippen molar-refractivity contribution in [1.82, 2.24) is 19.7 Å². The molecule has 0 radical (unpaired) electrons. The number of aromatic nitrogens is 3. The molecule has 2 aromatic heterocycles. The number of pyridine rings is 1. The van der Waals surface area contributed by atoms with Crippen molar-refractivity contribution in [2.45, 2.75) is 44.9 Å². The Morgan fingerprint density at radius 3 is 2.77 bits per heavy atom. The molecule has 1 N–H and O–H groups in total. The van der Waals surface area contributed by atoms with E-state index in [2.05, 4.69) is 10.1 Å². The Balaban J connectivity index is 1.51. The van der Waals surface area contributed by atoms with Crippen molar-refractivity contribution in [3.8, 4) is 0 Å². The van der Waals surface area contributed by atoms with Crippen molar-refractivity contribution in [3.05, 3.63) is 47.5 Å². The van der Waals surface area contributed by atoms with E-state index in [1.54, 1.807) is 23.2 Å². The van der Waals surface area contributed by atoms with E-state index in [1.165, 1.54) is 6.20 Å². The third-order valence-electron chi connectivity index (χ3n) is 5.34. The third-order valence-corrected chi connectivity index (χ3v) is 5.34. The fourth-order valence-electron chi connectivity index (χ4n) is 3.56. The molecule has 4 rings (SSSR count). The maximum absolute atomic E-state index is 12.6. The minimum atomic E-state index is -0.541. The van der Waals surface area contributed by atoms with Crippen molar-refractivity contribution < 1.29 is 14.7 Å². The highest BCUT2D eigenvalue weighted by Gasteiger charge is 2.31. The summed E-state index contributed by atoms with van der Waals surface area (Å²) in [5.41, 5.74) is 1.84. The summed E-state index contributed by atoms with van der Waals surface area (Å²) in [4.78, 5) is 30.5. The van der Waals surface area contributed by atoms with Crippen molar-refractivity contribution in [1.29, 1.82) is 0 Å². The van der Waals surface area contributed by atoms with Crippen LogP contribution in [0.4, 0.5) is 0 Å². The average molecular weight is 354 g/mol. The molecular formula is C19H22N4O3. The molecule has 7 nitrogen and oxygen atoms in total. The van der Waals surface area contributed by atoms with Gasteiger partial charge in [0.25, 0.3) is 11.7 Å². The Labute approximate surface area is 151 Å². The Hall–Kier alpha value is -2.54. The highest BCUT2D eigenvalue weighted by molar-refractivity contribution is 6.42. The van der Waals surface area contributed by atoms with Crippen LogP contribution in [0.5, 0.6) is 0 Å². The van der Waals surface area contributed by atoms with Crippen molar-refractivity contribution in [2.24, 2.45) is 5.92 Å². The van der Waals surface area contributed by atoms with Crippen LogP contribution >= 0.6 is 0 Å². The number of hydrogen-bond acceptors (Lipinski definition) is 5. The first-order valence-corrected chi connectivity index (χ1v) is 9.12. The van der Waals surface area contributed by atoms with E-state index in [-0.39, 0.29) is 0 Å². The van der Waals surface area contributed by atoms with E-state index in [9.17, 15) is 14.7 Å². The molecule has 1 fully saturated rings. The monoisotopic (exact) mass is 354 g/mol. The van der Waals surface area contributed by atoms with E-state index in [4.69, 9.17) is 0 Å². The Morgan fingerprint density at radius 2 is 2.08 bits per heavy atom. The van der Waals surface area contributed by atoms with Crippen LogP contribution in [-0.4, -0.2) is 43.0 Å². The highest BCUT2D eigenvalue weighted by Crippen LogP contribution is 2.37. The number of rotatable bonds is 4. The number of ketones is 1. The molecule has 0 aromatic carbocycles. The highest BCUT2D eigenvalue weighted by atomic mass is 16.3. The van der Waals surface area contributed by atoms with Gasteiger partial charge in [0, 0.05) is 31.0 Å². The number of Topliss-reactive ketones (excluding diaryl/α,β-unsaturated/α-hetero) is 1. The Kier molecular flexibility index (Phi) is 4.55. The van der Waals surface area contributed by atoms with Crippen molar-refractivity contribution >= 4 is 11.7 Å². The minimum absolute atomic E-state index is 0.291. The molecule has 1 aliphatic carbocycles. The summed E-state index contributed by atoms with van der Waals surface area (Å²) < 4.78 is 1.86.